The maximum Gasteiger partial charge on any atom is 0.224 e. The highest BCUT2D eigenvalue weighted by Crippen LogP contribution is 2.32. The van der Waals surface area contributed by atoms with Crippen molar-refractivity contribution < 1.29 is 18.7 Å². The summed E-state index contributed by atoms with van der Waals surface area (Å²) in [5.41, 5.74) is 1.51. The molecule has 0 saturated heterocycles. The number of hydrogen-bond donors (Lipinski definition) is 1. The lowest BCUT2D eigenvalue weighted by Crippen LogP contribution is -2.14. The number of anilines is 1. The fourth-order valence-corrected chi connectivity index (χ4v) is 2.36. The van der Waals surface area contributed by atoms with E-state index in [-0.39, 0.29) is 17.6 Å². The molecule has 1 unspecified atom stereocenters. The Bertz CT molecular complexity index is 670. The first kappa shape index (κ1) is 16.8. The van der Waals surface area contributed by atoms with Crippen molar-refractivity contribution in [3.8, 4) is 11.5 Å². The van der Waals surface area contributed by atoms with E-state index < -0.39 is 0 Å². The number of carbonyl (C=O) groups is 1. The Morgan fingerprint density at radius 3 is 2.43 bits per heavy atom. The van der Waals surface area contributed by atoms with Gasteiger partial charge in [-0.25, -0.2) is 4.39 Å². The predicted octanol–water partition coefficient (Wildman–Crippen LogP) is 3.98. The third-order valence-electron chi connectivity index (χ3n) is 3.59. The van der Waals surface area contributed by atoms with Crippen molar-refractivity contribution in [2.45, 2.75) is 19.3 Å². The number of amides is 1. The zero-order chi connectivity index (χ0) is 16.8. The smallest absolute Gasteiger partial charge is 0.224 e. The normalized spacial score (nSPS) is 11.7. The SMILES string of the molecule is COc1ccc(C(C)CC(=O)Nc2ccc(F)cc2)c(OC)c1. The monoisotopic (exact) mass is 317 g/mol. The van der Waals surface area contributed by atoms with Crippen LogP contribution in [0.4, 0.5) is 10.1 Å². The Morgan fingerprint density at radius 1 is 1.13 bits per heavy atom. The molecule has 0 aliphatic rings. The number of halogens is 1. The van der Waals surface area contributed by atoms with Crippen LogP contribution in [0.1, 0.15) is 24.8 Å². The van der Waals surface area contributed by atoms with E-state index in [1.54, 1.807) is 20.3 Å². The molecule has 0 saturated carbocycles. The fraction of sp³-hybridized carbons (Fsp3) is 0.278. The fourth-order valence-electron chi connectivity index (χ4n) is 2.36. The molecular weight excluding hydrogens is 297 g/mol. The van der Waals surface area contributed by atoms with Gasteiger partial charge in [0.25, 0.3) is 0 Å². The van der Waals surface area contributed by atoms with Crippen molar-refractivity contribution in [1.82, 2.24) is 0 Å². The number of hydrogen-bond acceptors (Lipinski definition) is 3. The van der Waals surface area contributed by atoms with Crippen LogP contribution < -0.4 is 14.8 Å². The number of nitrogens with one attached hydrogen (secondary N) is 1. The number of rotatable bonds is 6. The molecule has 1 amide bonds. The molecule has 0 radical (unpaired) electrons. The topological polar surface area (TPSA) is 47.6 Å². The van der Waals surface area contributed by atoms with Gasteiger partial charge < -0.3 is 14.8 Å². The van der Waals surface area contributed by atoms with Crippen LogP contribution in [-0.4, -0.2) is 20.1 Å². The molecule has 2 rings (SSSR count). The number of carbonyl (C=O) groups excluding carboxylic acids is 1. The van der Waals surface area contributed by atoms with Crippen LogP contribution in [0.25, 0.3) is 0 Å². The van der Waals surface area contributed by atoms with Crippen molar-refractivity contribution in [3.05, 3.63) is 53.8 Å². The van der Waals surface area contributed by atoms with Gasteiger partial charge in [0.05, 0.1) is 14.2 Å². The summed E-state index contributed by atoms with van der Waals surface area (Å²) in [6.07, 6.45) is 0.292. The highest BCUT2D eigenvalue weighted by molar-refractivity contribution is 5.91. The van der Waals surface area contributed by atoms with Crippen molar-refractivity contribution in [3.63, 3.8) is 0 Å². The number of methoxy groups -OCH3 is 2. The van der Waals surface area contributed by atoms with E-state index >= 15 is 0 Å². The summed E-state index contributed by atoms with van der Waals surface area (Å²) >= 11 is 0. The van der Waals surface area contributed by atoms with E-state index in [0.29, 0.717) is 23.6 Å². The second kappa shape index (κ2) is 7.63. The van der Waals surface area contributed by atoms with E-state index in [0.717, 1.165) is 5.56 Å². The number of benzene rings is 2. The second-order valence-corrected chi connectivity index (χ2v) is 5.27. The largest absolute Gasteiger partial charge is 0.497 e. The van der Waals surface area contributed by atoms with Crippen LogP contribution in [0.15, 0.2) is 42.5 Å². The lowest BCUT2D eigenvalue weighted by molar-refractivity contribution is -0.116. The molecule has 2 aromatic rings. The molecule has 4 nitrogen and oxygen atoms in total. The Balaban J connectivity index is 2.04. The lowest BCUT2D eigenvalue weighted by Gasteiger charge is -2.16. The molecule has 1 atom stereocenters. The predicted molar refractivity (Wildman–Crippen MR) is 87.6 cm³/mol. The van der Waals surface area contributed by atoms with Crippen molar-refractivity contribution in [1.29, 1.82) is 0 Å². The van der Waals surface area contributed by atoms with Crippen molar-refractivity contribution >= 4 is 11.6 Å². The quantitative estimate of drug-likeness (QED) is 0.877. The molecule has 0 bridgehead atoms. The summed E-state index contributed by atoms with van der Waals surface area (Å²) in [5.74, 6) is 0.887. The first-order valence-electron chi connectivity index (χ1n) is 7.31. The Morgan fingerprint density at radius 2 is 1.83 bits per heavy atom. The zero-order valence-electron chi connectivity index (χ0n) is 13.4. The van der Waals surface area contributed by atoms with Gasteiger partial charge in [-0.15, -0.1) is 0 Å². The third-order valence-corrected chi connectivity index (χ3v) is 3.59. The third kappa shape index (κ3) is 4.45. The molecule has 0 heterocycles. The first-order valence-corrected chi connectivity index (χ1v) is 7.31. The molecule has 122 valence electrons. The van der Waals surface area contributed by atoms with Crippen LogP contribution in [0.3, 0.4) is 0 Å². The van der Waals surface area contributed by atoms with Crippen LogP contribution in [0.2, 0.25) is 0 Å². The molecule has 0 fully saturated rings. The molecule has 0 aliphatic carbocycles. The molecule has 2 aromatic carbocycles. The molecule has 23 heavy (non-hydrogen) atoms. The zero-order valence-corrected chi connectivity index (χ0v) is 13.4. The summed E-state index contributed by atoms with van der Waals surface area (Å²) in [7, 11) is 3.18. The molecule has 5 heteroatoms. The van der Waals surface area contributed by atoms with E-state index in [4.69, 9.17) is 9.47 Å². The molecule has 0 aromatic heterocycles. The summed E-state index contributed by atoms with van der Waals surface area (Å²) in [5, 5.41) is 2.76. The van der Waals surface area contributed by atoms with Gasteiger partial charge in [-0.2, -0.15) is 0 Å². The van der Waals surface area contributed by atoms with Gasteiger partial charge in [-0.05, 0) is 41.8 Å². The molecular formula is C18H20FNO3. The van der Waals surface area contributed by atoms with Gasteiger partial charge in [-0.1, -0.05) is 13.0 Å². The summed E-state index contributed by atoms with van der Waals surface area (Å²) in [6, 6.07) is 11.2. The minimum atomic E-state index is -0.334. The van der Waals surface area contributed by atoms with Crippen LogP contribution >= 0.6 is 0 Å². The maximum atomic E-state index is 12.9. The van der Waals surface area contributed by atoms with E-state index in [1.807, 2.05) is 19.1 Å². The van der Waals surface area contributed by atoms with Crippen molar-refractivity contribution in [2.24, 2.45) is 0 Å². The van der Waals surface area contributed by atoms with Gasteiger partial charge in [0.1, 0.15) is 17.3 Å². The molecule has 1 N–H and O–H groups in total. The first-order chi connectivity index (χ1) is 11.0. The Labute approximate surface area is 135 Å². The van der Waals surface area contributed by atoms with Crippen molar-refractivity contribution in [2.75, 3.05) is 19.5 Å². The van der Waals surface area contributed by atoms with Crippen LogP contribution in [0, 0.1) is 5.82 Å². The van der Waals surface area contributed by atoms with Crippen LogP contribution in [-0.2, 0) is 4.79 Å². The van der Waals surface area contributed by atoms with Gasteiger partial charge in [0.15, 0.2) is 0 Å². The molecule has 0 aliphatic heterocycles. The molecule has 0 spiro atoms. The van der Waals surface area contributed by atoms with Gasteiger partial charge in [-0.3, -0.25) is 4.79 Å². The van der Waals surface area contributed by atoms with Crippen LogP contribution in [0.5, 0.6) is 11.5 Å². The number of ether oxygens (including phenoxy) is 2. The van der Waals surface area contributed by atoms with E-state index in [2.05, 4.69) is 5.32 Å². The minimum Gasteiger partial charge on any atom is -0.497 e. The Kier molecular flexibility index (Phi) is 5.57. The average Bonchev–Trinajstić information content (AvgIpc) is 2.56. The second-order valence-electron chi connectivity index (χ2n) is 5.27. The summed E-state index contributed by atoms with van der Waals surface area (Å²) in [6.45, 7) is 1.95. The summed E-state index contributed by atoms with van der Waals surface area (Å²) < 4.78 is 23.4. The average molecular weight is 317 g/mol. The lowest BCUT2D eigenvalue weighted by atomic mass is 9.96. The van der Waals surface area contributed by atoms with E-state index in [1.165, 1.54) is 24.3 Å². The maximum absolute atomic E-state index is 12.9. The standard InChI is InChI=1S/C18H20FNO3/c1-12(16-9-8-15(22-2)11-17(16)23-3)10-18(21)20-14-6-4-13(19)5-7-14/h4-9,11-12H,10H2,1-3H3,(H,20,21). The van der Waals surface area contributed by atoms with Gasteiger partial charge >= 0.3 is 0 Å². The highest BCUT2D eigenvalue weighted by Gasteiger charge is 2.16. The Hall–Kier alpha value is -2.56. The highest BCUT2D eigenvalue weighted by atomic mass is 19.1. The van der Waals surface area contributed by atoms with Gasteiger partial charge in [0, 0.05) is 18.2 Å². The minimum absolute atomic E-state index is 0.0312. The van der Waals surface area contributed by atoms with E-state index in [9.17, 15) is 9.18 Å². The van der Waals surface area contributed by atoms with Gasteiger partial charge in [0.2, 0.25) is 5.91 Å². The summed E-state index contributed by atoms with van der Waals surface area (Å²) in [4.78, 5) is 12.1.